The molecule has 0 aliphatic carbocycles. The predicted octanol–water partition coefficient (Wildman–Crippen LogP) is 1.67. The summed E-state index contributed by atoms with van der Waals surface area (Å²) in [5.74, 6) is -0.713. The minimum atomic E-state index is -1.14. The van der Waals surface area contributed by atoms with Gasteiger partial charge in [0.1, 0.15) is 11.6 Å². The molecule has 0 fully saturated rings. The van der Waals surface area contributed by atoms with Crippen LogP contribution in [0.15, 0.2) is 6.07 Å². The van der Waals surface area contributed by atoms with Crippen molar-refractivity contribution in [2.45, 2.75) is 38.8 Å². The maximum absolute atomic E-state index is 11.6. The van der Waals surface area contributed by atoms with E-state index in [0.29, 0.717) is 10.8 Å². The quantitative estimate of drug-likeness (QED) is 0.858. The van der Waals surface area contributed by atoms with E-state index in [1.54, 1.807) is 26.8 Å². The lowest BCUT2D eigenvalue weighted by Crippen LogP contribution is -2.44. The largest absolute Gasteiger partial charge is 0.480 e. The highest BCUT2D eigenvalue weighted by Gasteiger charge is 2.25. The van der Waals surface area contributed by atoms with Gasteiger partial charge in [-0.15, -0.1) is 0 Å². The summed E-state index contributed by atoms with van der Waals surface area (Å²) in [7, 11) is 1.48. The Hall–Kier alpha value is -1.83. The van der Waals surface area contributed by atoms with E-state index in [-0.39, 0.29) is 6.42 Å². The zero-order chi connectivity index (χ0) is 15.3. The molecule has 0 spiro atoms. The number of aromatic nitrogens is 1. The molecule has 1 unspecified atom stereocenters. The molecule has 0 saturated heterocycles. The summed E-state index contributed by atoms with van der Waals surface area (Å²) in [6.07, 6.45) is -0.642. The number of amides is 1. The minimum Gasteiger partial charge on any atom is -0.480 e. The van der Waals surface area contributed by atoms with Crippen molar-refractivity contribution in [2.75, 3.05) is 7.11 Å². The van der Waals surface area contributed by atoms with Crippen molar-refractivity contribution >= 4 is 23.6 Å². The van der Waals surface area contributed by atoms with Crippen LogP contribution in [-0.2, 0) is 16.0 Å². The Bertz CT molecular complexity index is 480. The van der Waals surface area contributed by atoms with Gasteiger partial charge >= 0.3 is 12.1 Å². The third-order valence-electron chi connectivity index (χ3n) is 2.14. The molecule has 1 atom stereocenters. The Labute approximate surface area is 121 Å². The second kappa shape index (κ2) is 6.56. The van der Waals surface area contributed by atoms with E-state index in [9.17, 15) is 9.59 Å². The molecule has 0 bridgehead atoms. The maximum atomic E-state index is 11.6. The van der Waals surface area contributed by atoms with Crippen molar-refractivity contribution in [2.24, 2.45) is 0 Å². The highest BCUT2D eigenvalue weighted by atomic mass is 32.1. The predicted molar refractivity (Wildman–Crippen MR) is 73.2 cm³/mol. The number of hydrogen-bond acceptors (Lipinski definition) is 6. The highest BCUT2D eigenvalue weighted by Crippen LogP contribution is 2.18. The highest BCUT2D eigenvalue weighted by molar-refractivity contribution is 7.05. The van der Waals surface area contributed by atoms with E-state index in [1.807, 2.05) is 0 Å². The van der Waals surface area contributed by atoms with E-state index in [1.165, 1.54) is 7.11 Å². The SMILES string of the molecule is COc1cc(CC(NC(=O)OC(C)(C)C)C(=O)O)sn1. The van der Waals surface area contributed by atoms with Crippen molar-refractivity contribution in [1.82, 2.24) is 9.69 Å². The van der Waals surface area contributed by atoms with Crippen LogP contribution in [0.2, 0.25) is 0 Å². The number of methoxy groups -OCH3 is 1. The van der Waals surface area contributed by atoms with Crippen LogP contribution >= 0.6 is 11.5 Å². The lowest BCUT2D eigenvalue weighted by atomic mass is 10.2. The van der Waals surface area contributed by atoms with Crippen molar-refractivity contribution in [3.63, 3.8) is 0 Å². The van der Waals surface area contributed by atoms with Crippen LogP contribution in [-0.4, -0.2) is 40.3 Å². The van der Waals surface area contributed by atoms with Gasteiger partial charge in [0.05, 0.1) is 7.11 Å². The molecule has 0 aromatic carbocycles. The van der Waals surface area contributed by atoms with Gasteiger partial charge in [0.2, 0.25) is 5.88 Å². The van der Waals surface area contributed by atoms with Gasteiger partial charge in [0, 0.05) is 17.4 Å². The summed E-state index contributed by atoms with van der Waals surface area (Å²) < 4.78 is 13.9. The summed E-state index contributed by atoms with van der Waals surface area (Å²) in [5, 5.41) is 11.5. The lowest BCUT2D eigenvalue weighted by Gasteiger charge is -2.21. The fourth-order valence-electron chi connectivity index (χ4n) is 1.34. The van der Waals surface area contributed by atoms with E-state index in [4.69, 9.17) is 14.6 Å². The number of carbonyl (C=O) groups excluding carboxylic acids is 1. The number of hydrogen-bond donors (Lipinski definition) is 2. The Kier molecular flexibility index (Phi) is 5.32. The first-order valence-corrected chi connectivity index (χ1v) is 6.70. The first-order chi connectivity index (χ1) is 9.21. The number of aliphatic carboxylic acids is 1. The van der Waals surface area contributed by atoms with Gasteiger partial charge in [-0.1, -0.05) is 0 Å². The monoisotopic (exact) mass is 302 g/mol. The second-order valence-electron chi connectivity index (χ2n) is 5.08. The Morgan fingerprint density at radius 2 is 2.15 bits per heavy atom. The van der Waals surface area contributed by atoms with E-state index in [0.717, 1.165) is 11.5 Å². The molecule has 2 N–H and O–H groups in total. The standard InChI is InChI=1S/C12H18N2O5S/c1-12(2,3)19-11(17)13-8(10(15)16)5-7-6-9(18-4)14-20-7/h6,8H,5H2,1-4H3,(H,13,17)(H,15,16). The van der Waals surface area contributed by atoms with Crippen LogP contribution in [0, 0.1) is 0 Å². The zero-order valence-corrected chi connectivity index (χ0v) is 12.6. The second-order valence-corrected chi connectivity index (χ2v) is 5.97. The van der Waals surface area contributed by atoms with Crippen LogP contribution in [0.25, 0.3) is 0 Å². The zero-order valence-electron chi connectivity index (χ0n) is 11.8. The Morgan fingerprint density at radius 3 is 2.60 bits per heavy atom. The molecule has 20 heavy (non-hydrogen) atoms. The number of carbonyl (C=O) groups is 2. The molecule has 0 aliphatic heterocycles. The molecule has 0 radical (unpaired) electrons. The summed E-state index contributed by atoms with van der Waals surface area (Å²) in [6, 6.07) is 0.562. The number of carboxylic acid groups (broad SMARTS) is 1. The van der Waals surface area contributed by atoms with Gasteiger partial charge in [-0.2, -0.15) is 4.37 Å². The third kappa shape index (κ3) is 5.43. The number of alkyl carbamates (subject to hydrolysis) is 1. The van der Waals surface area contributed by atoms with Gasteiger partial charge < -0.3 is 19.9 Å². The fourth-order valence-corrected chi connectivity index (χ4v) is 2.07. The Balaban J connectivity index is 2.65. The van der Waals surface area contributed by atoms with Gasteiger partial charge in [-0.3, -0.25) is 0 Å². The van der Waals surface area contributed by atoms with Crippen LogP contribution in [0.4, 0.5) is 4.79 Å². The van der Waals surface area contributed by atoms with Gasteiger partial charge in [-0.25, -0.2) is 9.59 Å². The maximum Gasteiger partial charge on any atom is 0.408 e. The molecule has 8 heteroatoms. The van der Waals surface area contributed by atoms with Gasteiger partial charge in [0.15, 0.2) is 0 Å². The first kappa shape index (κ1) is 16.2. The number of rotatable bonds is 5. The van der Waals surface area contributed by atoms with Crippen molar-refractivity contribution < 1.29 is 24.2 Å². The van der Waals surface area contributed by atoms with Gasteiger partial charge in [0.25, 0.3) is 0 Å². The van der Waals surface area contributed by atoms with Crippen LogP contribution in [0.3, 0.4) is 0 Å². The van der Waals surface area contributed by atoms with Crippen molar-refractivity contribution in [1.29, 1.82) is 0 Å². The third-order valence-corrected chi connectivity index (χ3v) is 2.93. The average Bonchev–Trinajstić information content (AvgIpc) is 2.73. The van der Waals surface area contributed by atoms with E-state index >= 15 is 0 Å². The van der Waals surface area contributed by atoms with Crippen LogP contribution in [0.5, 0.6) is 5.88 Å². The summed E-state index contributed by atoms with van der Waals surface area (Å²) in [4.78, 5) is 23.5. The molecule has 0 aliphatic rings. The molecule has 1 heterocycles. The molecule has 112 valence electrons. The van der Waals surface area contributed by atoms with Crippen LogP contribution in [0.1, 0.15) is 25.6 Å². The minimum absolute atomic E-state index is 0.121. The van der Waals surface area contributed by atoms with Gasteiger partial charge in [-0.05, 0) is 32.3 Å². The topological polar surface area (TPSA) is 97.8 Å². The Morgan fingerprint density at radius 1 is 1.50 bits per heavy atom. The molecular weight excluding hydrogens is 284 g/mol. The molecular formula is C12H18N2O5S. The van der Waals surface area contributed by atoms with Crippen molar-refractivity contribution in [3.05, 3.63) is 10.9 Å². The summed E-state index contributed by atoms with van der Waals surface area (Å²) >= 11 is 1.13. The molecule has 1 aromatic heterocycles. The average molecular weight is 302 g/mol. The van der Waals surface area contributed by atoms with E-state index in [2.05, 4.69) is 9.69 Å². The molecule has 0 saturated carbocycles. The molecule has 1 aromatic rings. The first-order valence-electron chi connectivity index (χ1n) is 5.93. The normalized spacial score (nSPS) is 12.6. The number of nitrogens with one attached hydrogen (secondary N) is 1. The fraction of sp³-hybridized carbons (Fsp3) is 0.583. The lowest BCUT2D eigenvalue weighted by molar-refractivity contribution is -0.139. The van der Waals surface area contributed by atoms with Crippen LogP contribution < -0.4 is 10.1 Å². The number of ether oxygens (including phenoxy) is 2. The smallest absolute Gasteiger partial charge is 0.408 e. The van der Waals surface area contributed by atoms with Crippen molar-refractivity contribution in [3.8, 4) is 5.88 Å². The summed E-state index contributed by atoms with van der Waals surface area (Å²) in [5.41, 5.74) is -0.680. The number of nitrogens with zero attached hydrogens (tertiary/aromatic N) is 1. The number of carboxylic acids is 1. The molecule has 1 rings (SSSR count). The molecule has 1 amide bonds. The molecule has 7 nitrogen and oxygen atoms in total. The van der Waals surface area contributed by atoms with E-state index < -0.39 is 23.7 Å². The summed E-state index contributed by atoms with van der Waals surface area (Å²) in [6.45, 7) is 5.11.